The summed E-state index contributed by atoms with van der Waals surface area (Å²) in [5, 5.41) is 6.08. The molecule has 0 spiro atoms. The van der Waals surface area contributed by atoms with Crippen molar-refractivity contribution in [1.29, 1.82) is 0 Å². The first-order valence-electron chi connectivity index (χ1n) is 8.97. The summed E-state index contributed by atoms with van der Waals surface area (Å²) in [5.41, 5.74) is 0.533. The zero-order chi connectivity index (χ0) is 21.5. The van der Waals surface area contributed by atoms with Crippen LogP contribution >= 0.6 is 11.3 Å². The Morgan fingerprint density at radius 2 is 1.87 bits per heavy atom. The Morgan fingerprint density at radius 1 is 1.17 bits per heavy atom. The zero-order valence-electron chi connectivity index (χ0n) is 16.0. The number of nitrogens with zero attached hydrogens (tertiary/aromatic N) is 4. The fourth-order valence-electron chi connectivity index (χ4n) is 2.60. The molecule has 3 rings (SSSR count). The average molecular weight is 426 g/mol. The predicted molar refractivity (Wildman–Crippen MR) is 112 cm³/mol. The number of carbonyl (C=O) groups excluding carboxylic acids is 2. The number of carbonyl (C=O) groups is 2. The quantitative estimate of drug-likeness (QED) is 0.387. The van der Waals surface area contributed by atoms with E-state index in [0.717, 1.165) is 4.88 Å². The van der Waals surface area contributed by atoms with Gasteiger partial charge in [0.2, 0.25) is 0 Å². The number of amides is 1. The van der Waals surface area contributed by atoms with Crippen LogP contribution in [0.25, 0.3) is 16.4 Å². The second kappa shape index (κ2) is 9.75. The third-order valence-electron chi connectivity index (χ3n) is 3.98. The molecule has 0 unspecified atom stereocenters. The fraction of sp³-hybridized carbons (Fsp3) is 0.143. The van der Waals surface area contributed by atoms with Gasteiger partial charge in [0, 0.05) is 13.1 Å². The number of hydrogen-bond acceptors (Lipinski definition) is 6. The number of ether oxygens (including phenoxy) is 1. The van der Waals surface area contributed by atoms with Crippen LogP contribution in [0.5, 0.6) is 0 Å². The number of aromatic nitrogens is 3. The third kappa shape index (κ3) is 4.87. The number of rotatable bonds is 9. The Morgan fingerprint density at radius 3 is 2.47 bits per heavy atom. The molecule has 9 heteroatoms. The van der Waals surface area contributed by atoms with Gasteiger partial charge < -0.3 is 9.64 Å². The molecule has 0 aliphatic rings. The summed E-state index contributed by atoms with van der Waals surface area (Å²) in [6.07, 6.45) is 3.14. The van der Waals surface area contributed by atoms with Crippen LogP contribution in [0, 0.1) is 5.82 Å². The first kappa shape index (κ1) is 21.1. The van der Waals surface area contributed by atoms with Gasteiger partial charge in [-0.1, -0.05) is 18.2 Å². The lowest BCUT2D eigenvalue weighted by atomic mass is 10.3. The zero-order valence-corrected chi connectivity index (χ0v) is 16.8. The summed E-state index contributed by atoms with van der Waals surface area (Å²) >= 11 is 1.42. The van der Waals surface area contributed by atoms with Crippen LogP contribution in [0.3, 0.4) is 0 Å². The van der Waals surface area contributed by atoms with Crippen LogP contribution in [0.15, 0.2) is 67.1 Å². The molecule has 0 fully saturated rings. The average Bonchev–Trinajstić information content (AvgIpc) is 3.42. The van der Waals surface area contributed by atoms with Crippen LogP contribution < -0.4 is 0 Å². The van der Waals surface area contributed by atoms with E-state index in [1.54, 1.807) is 12.2 Å². The van der Waals surface area contributed by atoms with Gasteiger partial charge in [0.05, 0.1) is 10.6 Å². The summed E-state index contributed by atoms with van der Waals surface area (Å²) in [7, 11) is 0. The minimum Gasteiger partial charge on any atom is -0.450 e. The molecule has 2 heterocycles. The SMILES string of the molecule is C=CCN(CC=C)C(=O)COC(=O)c1nc(-c2cccs2)n(-c2ccc(F)cc2)n1. The normalized spacial score (nSPS) is 10.4. The molecule has 0 aliphatic carbocycles. The molecule has 0 N–H and O–H groups in total. The molecule has 3 aromatic rings. The number of halogens is 1. The van der Waals surface area contributed by atoms with Crippen molar-refractivity contribution in [2.24, 2.45) is 0 Å². The molecular weight excluding hydrogens is 407 g/mol. The molecule has 154 valence electrons. The molecular formula is C21H19FN4O3S. The highest BCUT2D eigenvalue weighted by atomic mass is 32.1. The Hall–Kier alpha value is -3.59. The molecule has 1 amide bonds. The van der Waals surface area contributed by atoms with Gasteiger partial charge in [-0.25, -0.2) is 13.9 Å². The van der Waals surface area contributed by atoms with E-state index < -0.39 is 18.4 Å². The van der Waals surface area contributed by atoms with Gasteiger partial charge >= 0.3 is 5.97 Å². The summed E-state index contributed by atoms with van der Waals surface area (Å²) in [6, 6.07) is 9.31. The van der Waals surface area contributed by atoms with Crippen molar-refractivity contribution in [3.8, 4) is 16.4 Å². The van der Waals surface area contributed by atoms with E-state index >= 15 is 0 Å². The Kier molecular flexibility index (Phi) is 6.87. The number of hydrogen-bond donors (Lipinski definition) is 0. The van der Waals surface area contributed by atoms with E-state index in [2.05, 4.69) is 23.2 Å². The maximum Gasteiger partial charge on any atom is 0.378 e. The van der Waals surface area contributed by atoms with Crippen molar-refractivity contribution in [2.45, 2.75) is 0 Å². The standard InChI is InChI=1S/C21H19FN4O3S/c1-3-11-25(12-4-2)18(27)14-29-21(28)19-23-20(17-6-5-13-30-17)26(24-19)16-9-7-15(22)8-10-16/h3-10,13H,1-2,11-12,14H2. The lowest BCUT2D eigenvalue weighted by Crippen LogP contribution is -2.35. The summed E-state index contributed by atoms with van der Waals surface area (Å²) in [6.45, 7) is 7.35. The second-order valence-electron chi connectivity index (χ2n) is 6.08. The molecule has 1 aromatic carbocycles. The van der Waals surface area contributed by atoms with E-state index in [9.17, 15) is 14.0 Å². The highest BCUT2D eigenvalue weighted by molar-refractivity contribution is 7.13. The van der Waals surface area contributed by atoms with E-state index in [1.807, 2.05) is 17.5 Å². The van der Waals surface area contributed by atoms with Gasteiger partial charge in [-0.2, -0.15) is 4.98 Å². The maximum atomic E-state index is 13.3. The molecule has 0 saturated carbocycles. The van der Waals surface area contributed by atoms with Crippen LogP contribution in [-0.2, 0) is 9.53 Å². The van der Waals surface area contributed by atoms with E-state index in [0.29, 0.717) is 24.6 Å². The molecule has 0 bridgehead atoms. The molecule has 7 nitrogen and oxygen atoms in total. The predicted octanol–water partition coefficient (Wildman–Crippen LogP) is 3.49. The van der Waals surface area contributed by atoms with Crippen molar-refractivity contribution >= 4 is 23.2 Å². The van der Waals surface area contributed by atoms with Crippen LogP contribution in [-0.4, -0.2) is 51.2 Å². The van der Waals surface area contributed by atoms with Crippen molar-refractivity contribution in [2.75, 3.05) is 19.7 Å². The van der Waals surface area contributed by atoms with Crippen molar-refractivity contribution in [3.05, 3.63) is 78.7 Å². The van der Waals surface area contributed by atoms with E-state index in [1.165, 1.54) is 45.2 Å². The minimum absolute atomic E-state index is 0.200. The number of benzene rings is 1. The van der Waals surface area contributed by atoms with Gasteiger partial charge in [-0.3, -0.25) is 4.79 Å². The van der Waals surface area contributed by atoms with Crippen LogP contribution in [0.1, 0.15) is 10.6 Å². The minimum atomic E-state index is -0.834. The van der Waals surface area contributed by atoms with Gasteiger partial charge in [0.25, 0.3) is 11.7 Å². The summed E-state index contributed by atoms with van der Waals surface area (Å²) in [5.74, 6) is -1.40. The van der Waals surface area contributed by atoms with Gasteiger partial charge in [-0.05, 0) is 35.7 Å². The first-order valence-corrected chi connectivity index (χ1v) is 9.85. The second-order valence-corrected chi connectivity index (χ2v) is 7.02. The number of esters is 1. The summed E-state index contributed by atoms with van der Waals surface area (Å²) < 4.78 is 19.8. The lowest BCUT2D eigenvalue weighted by Gasteiger charge is -2.18. The first-order chi connectivity index (χ1) is 14.5. The topological polar surface area (TPSA) is 77.3 Å². The van der Waals surface area contributed by atoms with Gasteiger partial charge in [0.15, 0.2) is 12.4 Å². The monoisotopic (exact) mass is 426 g/mol. The highest BCUT2D eigenvalue weighted by Gasteiger charge is 2.22. The van der Waals surface area contributed by atoms with Gasteiger partial charge in [0.1, 0.15) is 5.82 Å². The van der Waals surface area contributed by atoms with Crippen LogP contribution in [0.4, 0.5) is 4.39 Å². The molecule has 0 radical (unpaired) electrons. The maximum absolute atomic E-state index is 13.3. The van der Waals surface area contributed by atoms with E-state index in [4.69, 9.17) is 4.74 Å². The van der Waals surface area contributed by atoms with Crippen LogP contribution in [0.2, 0.25) is 0 Å². The highest BCUT2D eigenvalue weighted by Crippen LogP contribution is 2.25. The molecule has 0 atom stereocenters. The Balaban J connectivity index is 1.82. The largest absolute Gasteiger partial charge is 0.450 e. The fourth-order valence-corrected chi connectivity index (χ4v) is 3.30. The Bertz CT molecular complexity index is 1030. The van der Waals surface area contributed by atoms with Gasteiger partial charge in [-0.15, -0.1) is 29.6 Å². The van der Waals surface area contributed by atoms with Crippen molar-refractivity contribution < 1.29 is 18.7 Å². The number of thiophene rings is 1. The smallest absolute Gasteiger partial charge is 0.378 e. The molecule has 30 heavy (non-hydrogen) atoms. The molecule has 0 saturated heterocycles. The van der Waals surface area contributed by atoms with E-state index in [-0.39, 0.29) is 11.7 Å². The Labute approximate surface area is 176 Å². The lowest BCUT2D eigenvalue weighted by molar-refractivity contribution is -0.133. The summed E-state index contributed by atoms with van der Waals surface area (Å²) in [4.78, 5) is 31.2. The molecule has 2 aromatic heterocycles. The molecule has 0 aliphatic heterocycles. The van der Waals surface area contributed by atoms with Crippen molar-refractivity contribution in [1.82, 2.24) is 19.7 Å². The van der Waals surface area contributed by atoms with Crippen molar-refractivity contribution in [3.63, 3.8) is 0 Å². The third-order valence-corrected chi connectivity index (χ3v) is 4.85.